The van der Waals surface area contributed by atoms with Gasteiger partial charge in [0.1, 0.15) is 5.75 Å². The Balaban J connectivity index is 1.57. The van der Waals surface area contributed by atoms with E-state index in [4.69, 9.17) is 4.74 Å². The zero-order chi connectivity index (χ0) is 15.1. The second-order valence-electron chi connectivity index (χ2n) is 5.97. The van der Waals surface area contributed by atoms with Crippen LogP contribution in [0.3, 0.4) is 0 Å². The number of ether oxygens (including phenoxy) is 1. The number of hydrogen-bond donors (Lipinski definition) is 2. The number of benzene rings is 1. The first-order valence-corrected chi connectivity index (χ1v) is 7.76. The summed E-state index contributed by atoms with van der Waals surface area (Å²) < 4.78 is 5.58. The molecule has 0 unspecified atom stereocenters. The highest BCUT2D eigenvalue weighted by Gasteiger charge is 2.31. The van der Waals surface area contributed by atoms with Gasteiger partial charge in [-0.2, -0.15) is 0 Å². The SMILES string of the molecule is Cc1ccc(OCCCC(=O)NCC2(O)CCCC2)cc1. The molecule has 4 nitrogen and oxygen atoms in total. The largest absolute Gasteiger partial charge is 0.494 e. The molecular formula is C17H25NO3. The Morgan fingerprint density at radius 1 is 1.29 bits per heavy atom. The van der Waals surface area contributed by atoms with E-state index < -0.39 is 5.60 Å². The molecule has 4 heteroatoms. The van der Waals surface area contributed by atoms with E-state index in [2.05, 4.69) is 5.32 Å². The van der Waals surface area contributed by atoms with E-state index in [0.717, 1.165) is 31.4 Å². The molecule has 1 saturated carbocycles. The third kappa shape index (κ3) is 5.38. The van der Waals surface area contributed by atoms with Gasteiger partial charge >= 0.3 is 0 Å². The van der Waals surface area contributed by atoms with Crippen LogP contribution in [-0.2, 0) is 4.79 Å². The Hall–Kier alpha value is -1.55. The van der Waals surface area contributed by atoms with E-state index in [-0.39, 0.29) is 5.91 Å². The van der Waals surface area contributed by atoms with Crippen LogP contribution in [0.15, 0.2) is 24.3 Å². The Kier molecular flexibility index (Phi) is 5.62. The Morgan fingerprint density at radius 2 is 1.95 bits per heavy atom. The van der Waals surface area contributed by atoms with E-state index in [1.165, 1.54) is 5.56 Å². The maximum atomic E-state index is 11.7. The van der Waals surface area contributed by atoms with Crippen molar-refractivity contribution in [2.45, 2.75) is 51.0 Å². The van der Waals surface area contributed by atoms with Crippen molar-refractivity contribution in [2.75, 3.05) is 13.2 Å². The molecule has 1 fully saturated rings. The fraction of sp³-hybridized carbons (Fsp3) is 0.588. The number of aryl methyl sites for hydroxylation is 1. The van der Waals surface area contributed by atoms with Gasteiger partial charge in [0.2, 0.25) is 5.91 Å². The normalized spacial score (nSPS) is 16.7. The molecule has 0 spiro atoms. The molecule has 0 saturated heterocycles. The van der Waals surface area contributed by atoms with Crippen LogP contribution in [0.4, 0.5) is 0 Å². The van der Waals surface area contributed by atoms with E-state index in [0.29, 0.717) is 26.0 Å². The summed E-state index contributed by atoms with van der Waals surface area (Å²) in [6, 6.07) is 7.88. The lowest BCUT2D eigenvalue weighted by atomic mass is 10.0. The maximum absolute atomic E-state index is 11.7. The molecular weight excluding hydrogens is 266 g/mol. The molecule has 1 aliphatic carbocycles. The van der Waals surface area contributed by atoms with Gasteiger partial charge < -0.3 is 15.2 Å². The fourth-order valence-corrected chi connectivity index (χ4v) is 2.62. The highest BCUT2D eigenvalue weighted by molar-refractivity contribution is 5.75. The number of nitrogens with one attached hydrogen (secondary N) is 1. The standard InChI is InChI=1S/C17H25NO3/c1-14-6-8-15(9-7-14)21-12-4-5-16(19)18-13-17(20)10-2-3-11-17/h6-9,20H,2-5,10-13H2,1H3,(H,18,19). The highest BCUT2D eigenvalue weighted by Crippen LogP contribution is 2.28. The smallest absolute Gasteiger partial charge is 0.220 e. The summed E-state index contributed by atoms with van der Waals surface area (Å²) in [6.45, 7) is 2.94. The third-order valence-electron chi connectivity index (χ3n) is 3.99. The van der Waals surface area contributed by atoms with Crippen LogP contribution in [0.2, 0.25) is 0 Å². The molecule has 0 atom stereocenters. The summed E-state index contributed by atoms with van der Waals surface area (Å²) in [4.78, 5) is 11.7. The zero-order valence-corrected chi connectivity index (χ0v) is 12.7. The Morgan fingerprint density at radius 3 is 2.62 bits per heavy atom. The summed E-state index contributed by atoms with van der Waals surface area (Å²) in [5.74, 6) is 0.823. The molecule has 1 aromatic rings. The summed E-state index contributed by atoms with van der Waals surface area (Å²) in [6.07, 6.45) is 4.81. The van der Waals surface area contributed by atoms with Crippen molar-refractivity contribution in [2.24, 2.45) is 0 Å². The van der Waals surface area contributed by atoms with Gasteiger partial charge in [0, 0.05) is 13.0 Å². The van der Waals surface area contributed by atoms with Crippen molar-refractivity contribution in [1.29, 1.82) is 0 Å². The van der Waals surface area contributed by atoms with Gasteiger partial charge in [-0.05, 0) is 38.3 Å². The Labute approximate surface area is 126 Å². The minimum Gasteiger partial charge on any atom is -0.494 e. The number of carbonyl (C=O) groups excluding carboxylic acids is 1. The number of amides is 1. The van der Waals surface area contributed by atoms with Crippen LogP contribution in [0, 0.1) is 6.92 Å². The van der Waals surface area contributed by atoms with Crippen molar-refractivity contribution in [3.05, 3.63) is 29.8 Å². The van der Waals surface area contributed by atoms with Crippen LogP contribution >= 0.6 is 0 Å². The lowest BCUT2D eigenvalue weighted by Gasteiger charge is -2.22. The van der Waals surface area contributed by atoms with Crippen LogP contribution in [0.5, 0.6) is 5.75 Å². The second kappa shape index (κ2) is 7.46. The summed E-state index contributed by atoms with van der Waals surface area (Å²) in [5.41, 5.74) is 0.528. The molecule has 0 radical (unpaired) electrons. The summed E-state index contributed by atoms with van der Waals surface area (Å²) >= 11 is 0. The van der Waals surface area contributed by atoms with Crippen LogP contribution < -0.4 is 10.1 Å². The topological polar surface area (TPSA) is 58.6 Å². The molecule has 116 valence electrons. The number of carbonyl (C=O) groups is 1. The van der Waals surface area contributed by atoms with Gasteiger partial charge in [-0.15, -0.1) is 0 Å². The van der Waals surface area contributed by atoms with E-state index in [1.807, 2.05) is 31.2 Å². The van der Waals surface area contributed by atoms with Gasteiger partial charge in [-0.25, -0.2) is 0 Å². The van der Waals surface area contributed by atoms with Gasteiger partial charge in [-0.3, -0.25) is 4.79 Å². The molecule has 2 N–H and O–H groups in total. The first-order chi connectivity index (χ1) is 10.1. The minimum absolute atomic E-state index is 0.0113. The van der Waals surface area contributed by atoms with Gasteiger partial charge in [-0.1, -0.05) is 30.5 Å². The zero-order valence-electron chi connectivity index (χ0n) is 12.7. The van der Waals surface area contributed by atoms with Crippen LogP contribution in [0.1, 0.15) is 44.1 Å². The van der Waals surface area contributed by atoms with Crippen molar-refractivity contribution in [3.63, 3.8) is 0 Å². The molecule has 0 bridgehead atoms. The first kappa shape index (κ1) is 15.8. The van der Waals surface area contributed by atoms with Crippen molar-refractivity contribution in [1.82, 2.24) is 5.32 Å². The number of rotatable bonds is 7. The molecule has 0 aromatic heterocycles. The van der Waals surface area contributed by atoms with E-state index in [9.17, 15) is 9.90 Å². The predicted octanol–water partition coefficient (Wildman–Crippen LogP) is 2.58. The maximum Gasteiger partial charge on any atom is 0.220 e. The van der Waals surface area contributed by atoms with Crippen LogP contribution in [0.25, 0.3) is 0 Å². The van der Waals surface area contributed by atoms with Gasteiger partial charge in [0.25, 0.3) is 0 Å². The Bertz CT molecular complexity index is 450. The highest BCUT2D eigenvalue weighted by atomic mass is 16.5. The average molecular weight is 291 g/mol. The predicted molar refractivity (Wildman–Crippen MR) is 82.3 cm³/mol. The molecule has 1 amide bonds. The number of aliphatic hydroxyl groups is 1. The van der Waals surface area contributed by atoms with E-state index >= 15 is 0 Å². The van der Waals surface area contributed by atoms with Gasteiger partial charge in [0.15, 0.2) is 0 Å². The molecule has 2 rings (SSSR count). The van der Waals surface area contributed by atoms with Crippen molar-refractivity contribution < 1.29 is 14.6 Å². The molecule has 21 heavy (non-hydrogen) atoms. The molecule has 0 aliphatic heterocycles. The lowest BCUT2D eigenvalue weighted by molar-refractivity contribution is -0.122. The van der Waals surface area contributed by atoms with E-state index in [1.54, 1.807) is 0 Å². The fourth-order valence-electron chi connectivity index (χ4n) is 2.62. The third-order valence-corrected chi connectivity index (χ3v) is 3.99. The van der Waals surface area contributed by atoms with Gasteiger partial charge in [0.05, 0.1) is 12.2 Å². The molecule has 1 aliphatic rings. The minimum atomic E-state index is -0.673. The summed E-state index contributed by atoms with van der Waals surface area (Å²) in [7, 11) is 0. The number of hydrogen-bond acceptors (Lipinski definition) is 3. The molecule has 0 heterocycles. The second-order valence-corrected chi connectivity index (χ2v) is 5.97. The van der Waals surface area contributed by atoms with Crippen molar-refractivity contribution in [3.8, 4) is 5.75 Å². The lowest BCUT2D eigenvalue weighted by Crippen LogP contribution is -2.40. The van der Waals surface area contributed by atoms with Crippen LogP contribution in [-0.4, -0.2) is 29.8 Å². The monoisotopic (exact) mass is 291 g/mol. The quantitative estimate of drug-likeness (QED) is 0.759. The van der Waals surface area contributed by atoms with Crippen molar-refractivity contribution >= 4 is 5.91 Å². The molecule has 1 aromatic carbocycles. The first-order valence-electron chi connectivity index (χ1n) is 7.76. The summed E-state index contributed by atoms with van der Waals surface area (Å²) in [5, 5.41) is 13.0. The average Bonchev–Trinajstić information content (AvgIpc) is 2.91.